The molecule has 0 saturated heterocycles. The second kappa shape index (κ2) is 11.9. The Kier molecular flexibility index (Phi) is 13.1. The zero-order valence-electron chi connectivity index (χ0n) is 10.2. The van der Waals surface area contributed by atoms with Crippen molar-refractivity contribution in [1.82, 2.24) is 0 Å². The third-order valence-corrected chi connectivity index (χ3v) is 1.29. The first-order valence-electron chi connectivity index (χ1n) is 5.28. The average molecular weight is 193 g/mol. The lowest BCUT2D eigenvalue weighted by Gasteiger charge is -1.94. The summed E-state index contributed by atoms with van der Waals surface area (Å²) in [4.78, 5) is 3.82. The second-order valence-corrected chi connectivity index (χ2v) is 2.65. The molecule has 1 aromatic rings. The summed E-state index contributed by atoms with van der Waals surface area (Å²) in [5, 5.41) is 0. The molecule has 0 bridgehead atoms. The third kappa shape index (κ3) is 7.53. The first kappa shape index (κ1) is 15.4. The van der Waals surface area contributed by atoms with Crippen LogP contribution in [0.3, 0.4) is 0 Å². The van der Waals surface area contributed by atoms with Gasteiger partial charge in [0.25, 0.3) is 0 Å². The van der Waals surface area contributed by atoms with Crippen molar-refractivity contribution in [2.45, 2.75) is 41.0 Å². The number of nitrogens with zero attached hydrogens (tertiary/aromatic N) is 1. The van der Waals surface area contributed by atoms with Gasteiger partial charge < -0.3 is 0 Å². The Morgan fingerprint density at radius 3 is 1.86 bits per heavy atom. The van der Waals surface area contributed by atoms with Crippen LogP contribution in [-0.2, 0) is 0 Å². The van der Waals surface area contributed by atoms with E-state index >= 15 is 0 Å². The van der Waals surface area contributed by atoms with Gasteiger partial charge in [0, 0.05) is 0 Å². The highest BCUT2D eigenvalue weighted by Gasteiger charge is 1.88. The van der Waals surface area contributed by atoms with Crippen molar-refractivity contribution in [2.24, 2.45) is 4.99 Å². The normalized spacial score (nSPS) is 7.50. The summed E-state index contributed by atoms with van der Waals surface area (Å²) < 4.78 is 0. The minimum atomic E-state index is 0.970. The van der Waals surface area contributed by atoms with E-state index in [0.717, 1.165) is 5.69 Å². The molecule has 0 amide bonds. The molecule has 1 heteroatoms. The standard InChI is InChI=1S/C8H9N.C3H8.C2H6/c1-7-5-3-4-6-8(7)9-2;1-3-2;1-2/h3-6H,2H2,1H3;3H2,1-2H3;1-2H3. The summed E-state index contributed by atoms with van der Waals surface area (Å²) in [6.07, 6.45) is 1.25. The molecule has 0 N–H and O–H groups in total. The molecule has 0 aliphatic heterocycles. The molecule has 1 nitrogen and oxygen atoms in total. The average Bonchev–Trinajstić information content (AvgIpc) is 2.23. The Bertz CT molecular complexity index is 228. The first-order chi connectivity index (χ1) is 6.76. The van der Waals surface area contributed by atoms with Crippen LogP contribution < -0.4 is 0 Å². The summed E-state index contributed by atoms with van der Waals surface area (Å²) in [7, 11) is 0. The van der Waals surface area contributed by atoms with Crippen LogP contribution in [-0.4, -0.2) is 6.72 Å². The summed E-state index contributed by atoms with van der Waals surface area (Å²) >= 11 is 0. The maximum atomic E-state index is 3.82. The molecule has 0 atom stereocenters. The zero-order valence-corrected chi connectivity index (χ0v) is 10.2. The predicted molar refractivity (Wildman–Crippen MR) is 67.7 cm³/mol. The fourth-order valence-corrected chi connectivity index (χ4v) is 0.741. The van der Waals surface area contributed by atoms with Gasteiger partial charge >= 0.3 is 0 Å². The number of hydrogen-bond donors (Lipinski definition) is 0. The molecule has 1 aromatic carbocycles. The maximum Gasteiger partial charge on any atom is 0.0651 e. The second-order valence-electron chi connectivity index (χ2n) is 2.65. The minimum absolute atomic E-state index is 0.970. The molecular weight excluding hydrogens is 170 g/mol. The van der Waals surface area contributed by atoms with Gasteiger partial charge in [0.05, 0.1) is 5.69 Å². The van der Waals surface area contributed by atoms with Crippen LogP contribution >= 0.6 is 0 Å². The Labute approximate surface area is 88.9 Å². The van der Waals surface area contributed by atoms with E-state index in [0.29, 0.717) is 0 Å². The SMILES string of the molecule is C=Nc1ccccc1C.CC.CCC. The topological polar surface area (TPSA) is 12.4 Å². The summed E-state index contributed by atoms with van der Waals surface area (Å²) in [5.41, 5.74) is 2.14. The van der Waals surface area contributed by atoms with Crippen LogP contribution in [0.25, 0.3) is 0 Å². The number of para-hydroxylation sites is 1. The van der Waals surface area contributed by atoms with Gasteiger partial charge in [-0.15, -0.1) is 0 Å². The van der Waals surface area contributed by atoms with Gasteiger partial charge in [0.2, 0.25) is 0 Å². The molecule has 1 rings (SSSR count). The van der Waals surface area contributed by atoms with Gasteiger partial charge in [0.1, 0.15) is 0 Å². The molecule has 0 aliphatic rings. The largest absolute Gasteiger partial charge is 0.264 e. The van der Waals surface area contributed by atoms with E-state index in [1.807, 2.05) is 45.0 Å². The van der Waals surface area contributed by atoms with E-state index < -0.39 is 0 Å². The van der Waals surface area contributed by atoms with E-state index in [2.05, 4.69) is 25.6 Å². The van der Waals surface area contributed by atoms with Crippen molar-refractivity contribution < 1.29 is 0 Å². The van der Waals surface area contributed by atoms with Gasteiger partial charge in [-0.05, 0) is 25.3 Å². The maximum absolute atomic E-state index is 3.82. The highest BCUT2D eigenvalue weighted by molar-refractivity contribution is 5.50. The van der Waals surface area contributed by atoms with Gasteiger partial charge in [0.15, 0.2) is 0 Å². The van der Waals surface area contributed by atoms with E-state index in [1.54, 1.807) is 0 Å². The molecule has 0 radical (unpaired) electrons. The van der Waals surface area contributed by atoms with E-state index in [1.165, 1.54) is 12.0 Å². The van der Waals surface area contributed by atoms with Crippen LogP contribution in [0.15, 0.2) is 29.3 Å². The van der Waals surface area contributed by atoms with E-state index in [4.69, 9.17) is 0 Å². The summed E-state index contributed by atoms with van der Waals surface area (Å²) in [6, 6.07) is 7.91. The highest BCUT2D eigenvalue weighted by atomic mass is 14.7. The molecule has 0 aliphatic carbocycles. The van der Waals surface area contributed by atoms with Crippen LogP contribution in [0.1, 0.15) is 39.7 Å². The van der Waals surface area contributed by atoms with E-state index in [-0.39, 0.29) is 0 Å². The Morgan fingerprint density at radius 2 is 1.57 bits per heavy atom. The molecule has 0 heterocycles. The van der Waals surface area contributed by atoms with Crippen molar-refractivity contribution in [3.8, 4) is 0 Å². The molecule has 14 heavy (non-hydrogen) atoms. The van der Waals surface area contributed by atoms with Crippen LogP contribution in [0, 0.1) is 6.92 Å². The lowest BCUT2D eigenvalue weighted by molar-refractivity contribution is 1.09. The fraction of sp³-hybridized carbons (Fsp3) is 0.462. The minimum Gasteiger partial charge on any atom is -0.264 e. The quantitative estimate of drug-likeness (QED) is 0.570. The van der Waals surface area contributed by atoms with Crippen molar-refractivity contribution in [2.75, 3.05) is 0 Å². The van der Waals surface area contributed by atoms with E-state index in [9.17, 15) is 0 Å². The summed E-state index contributed by atoms with van der Waals surface area (Å²) in [6.45, 7) is 13.7. The molecule has 0 aromatic heterocycles. The molecular formula is C13H23N. The number of aryl methyl sites for hydroxylation is 1. The van der Waals surface area contributed by atoms with Crippen LogP contribution in [0.4, 0.5) is 5.69 Å². The molecule has 0 unspecified atom stereocenters. The number of benzene rings is 1. The van der Waals surface area contributed by atoms with Crippen molar-refractivity contribution >= 4 is 12.4 Å². The third-order valence-electron chi connectivity index (χ3n) is 1.29. The molecule has 0 saturated carbocycles. The van der Waals surface area contributed by atoms with Gasteiger partial charge in [-0.3, -0.25) is 4.99 Å². The smallest absolute Gasteiger partial charge is 0.0651 e. The first-order valence-corrected chi connectivity index (χ1v) is 5.28. The number of hydrogen-bond acceptors (Lipinski definition) is 1. The zero-order chi connectivity index (χ0) is 11.4. The van der Waals surface area contributed by atoms with Crippen LogP contribution in [0.5, 0.6) is 0 Å². The lowest BCUT2D eigenvalue weighted by Crippen LogP contribution is -1.69. The summed E-state index contributed by atoms with van der Waals surface area (Å²) in [5.74, 6) is 0. The number of aliphatic imine (C=N–C) groups is 1. The lowest BCUT2D eigenvalue weighted by atomic mass is 10.2. The molecule has 80 valence electrons. The monoisotopic (exact) mass is 193 g/mol. The predicted octanol–water partition coefficient (Wildman–Crippen LogP) is 4.77. The Balaban J connectivity index is 0. The van der Waals surface area contributed by atoms with Crippen molar-refractivity contribution in [1.29, 1.82) is 0 Å². The Hall–Kier alpha value is -1.11. The van der Waals surface area contributed by atoms with Gasteiger partial charge in [-0.25, -0.2) is 0 Å². The number of rotatable bonds is 1. The van der Waals surface area contributed by atoms with Gasteiger partial charge in [-0.2, -0.15) is 0 Å². The fourth-order valence-electron chi connectivity index (χ4n) is 0.741. The van der Waals surface area contributed by atoms with Crippen molar-refractivity contribution in [3.05, 3.63) is 29.8 Å². The molecule has 0 spiro atoms. The van der Waals surface area contributed by atoms with Crippen molar-refractivity contribution in [3.63, 3.8) is 0 Å². The highest BCUT2D eigenvalue weighted by Crippen LogP contribution is 2.15. The van der Waals surface area contributed by atoms with Gasteiger partial charge in [-0.1, -0.05) is 52.3 Å². The Morgan fingerprint density at radius 1 is 1.14 bits per heavy atom. The molecule has 0 fully saturated rings. The van der Waals surface area contributed by atoms with Crippen LogP contribution in [0.2, 0.25) is 0 Å².